The van der Waals surface area contributed by atoms with Gasteiger partial charge in [-0.05, 0) is 23.8 Å². The standard InChI is InChI=1S/C13H12O2/c1-15-11-7-8-13(14)12(9-11)10-5-3-2-4-6-10/h2-9,12H,1H3. The number of methoxy groups -OCH3 is 1. The van der Waals surface area contributed by atoms with Crippen molar-refractivity contribution in [3.63, 3.8) is 0 Å². The molecule has 2 nitrogen and oxygen atoms in total. The Kier molecular flexibility index (Phi) is 2.68. The average Bonchev–Trinajstić information content (AvgIpc) is 2.31. The van der Waals surface area contributed by atoms with Crippen molar-refractivity contribution in [2.24, 2.45) is 0 Å². The minimum absolute atomic E-state index is 0.0991. The van der Waals surface area contributed by atoms with Crippen molar-refractivity contribution >= 4 is 5.78 Å². The van der Waals surface area contributed by atoms with E-state index in [4.69, 9.17) is 4.74 Å². The maximum absolute atomic E-state index is 11.7. The minimum atomic E-state index is -0.203. The number of rotatable bonds is 2. The van der Waals surface area contributed by atoms with E-state index in [-0.39, 0.29) is 11.7 Å². The van der Waals surface area contributed by atoms with Crippen molar-refractivity contribution < 1.29 is 9.53 Å². The topological polar surface area (TPSA) is 26.3 Å². The van der Waals surface area contributed by atoms with E-state index in [1.54, 1.807) is 19.3 Å². The summed E-state index contributed by atoms with van der Waals surface area (Å²) in [5, 5.41) is 0. The lowest BCUT2D eigenvalue weighted by Gasteiger charge is -2.15. The highest BCUT2D eigenvalue weighted by Crippen LogP contribution is 2.24. The van der Waals surface area contributed by atoms with Gasteiger partial charge in [-0.1, -0.05) is 30.3 Å². The number of ketones is 1. The number of carbonyl (C=O) groups is 1. The maximum Gasteiger partial charge on any atom is 0.167 e. The summed E-state index contributed by atoms with van der Waals surface area (Å²) in [5.74, 6) is 0.636. The van der Waals surface area contributed by atoms with Gasteiger partial charge in [0.15, 0.2) is 5.78 Å². The van der Waals surface area contributed by atoms with Crippen LogP contribution in [0.25, 0.3) is 0 Å². The Morgan fingerprint density at radius 2 is 1.87 bits per heavy atom. The van der Waals surface area contributed by atoms with E-state index in [0.717, 1.165) is 11.3 Å². The van der Waals surface area contributed by atoms with Crippen LogP contribution in [0.5, 0.6) is 0 Å². The maximum atomic E-state index is 11.7. The minimum Gasteiger partial charge on any atom is -0.497 e. The first-order chi connectivity index (χ1) is 7.31. The van der Waals surface area contributed by atoms with E-state index < -0.39 is 0 Å². The van der Waals surface area contributed by atoms with E-state index in [1.165, 1.54) is 0 Å². The molecule has 0 aliphatic heterocycles. The number of allylic oxidation sites excluding steroid dienone is 3. The van der Waals surface area contributed by atoms with Crippen molar-refractivity contribution in [3.8, 4) is 0 Å². The summed E-state index contributed by atoms with van der Waals surface area (Å²) in [6.45, 7) is 0. The molecule has 0 fully saturated rings. The molecule has 1 aromatic carbocycles. The first-order valence-electron chi connectivity index (χ1n) is 4.84. The Morgan fingerprint density at radius 1 is 1.13 bits per heavy atom. The second-order valence-electron chi connectivity index (χ2n) is 3.40. The van der Waals surface area contributed by atoms with Crippen LogP contribution >= 0.6 is 0 Å². The van der Waals surface area contributed by atoms with Crippen LogP contribution in [0, 0.1) is 0 Å². The molecule has 0 aromatic heterocycles. The van der Waals surface area contributed by atoms with Crippen molar-refractivity contribution in [2.45, 2.75) is 5.92 Å². The Balaban J connectivity index is 2.33. The van der Waals surface area contributed by atoms with Gasteiger partial charge in [0.1, 0.15) is 5.76 Å². The molecule has 1 unspecified atom stereocenters. The second kappa shape index (κ2) is 4.13. The highest BCUT2D eigenvalue weighted by molar-refractivity contribution is 5.98. The van der Waals surface area contributed by atoms with Crippen molar-refractivity contribution in [3.05, 3.63) is 59.9 Å². The van der Waals surface area contributed by atoms with E-state index in [2.05, 4.69) is 0 Å². The lowest BCUT2D eigenvalue weighted by Crippen LogP contribution is -2.11. The average molecular weight is 200 g/mol. The third kappa shape index (κ3) is 1.99. The molecule has 0 saturated carbocycles. The van der Waals surface area contributed by atoms with Gasteiger partial charge < -0.3 is 4.74 Å². The Morgan fingerprint density at radius 3 is 2.53 bits per heavy atom. The van der Waals surface area contributed by atoms with Gasteiger partial charge in [0.05, 0.1) is 13.0 Å². The number of hydrogen-bond acceptors (Lipinski definition) is 2. The summed E-state index contributed by atoms with van der Waals surface area (Å²) in [6, 6.07) is 9.70. The molecule has 0 N–H and O–H groups in total. The number of ether oxygens (including phenoxy) is 1. The summed E-state index contributed by atoms with van der Waals surface area (Å²) >= 11 is 0. The largest absolute Gasteiger partial charge is 0.497 e. The number of hydrogen-bond donors (Lipinski definition) is 0. The molecule has 1 aromatic rings. The molecule has 1 aliphatic rings. The quantitative estimate of drug-likeness (QED) is 0.733. The summed E-state index contributed by atoms with van der Waals surface area (Å²) in [4.78, 5) is 11.7. The number of benzene rings is 1. The van der Waals surface area contributed by atoms with Crippen LogP contribution in [0.3, 0.4) is 0 Å². The summed E-state index contributed by atoms with van der Waals surface area (Å²) in [7, 11) is 1.61. The van der Waals surface area contributed by atoms with Gasteiger partial charge in [-0.25, -0.2) is 0 Å². The van der Waals surface area contributed by atoms with E-state index >= 15 is 0 Å². The van der Waals surface area contributed by atoms with E-state index in [9.17, 15) is 4.79 Å². The van der Waals surface area contributed by atoms with Crippen LogP contribution in [-0.2, 0) is 9.53 Å². The molecule has 76 valence electrons. The molecule has 2 rings (SSSR count). The summed E-state index contributed by atoms with van der Waals surface area (Å²) < 4.78 is 5.11. The van der Waals surface area contributed by atoms with Gasteiger partial charge in [0.2, 0.25) is 0 Å². The first kappa shape index (κ1) is 9.71. The zero-order chi connectivity index (χ0) is 10.7. The highest BCUT2D eigenvalue weighted by Gasteiger charge is 2.19. The third-order valence-corrected chi connectivity index (χ3v) is 2.44. The van der Waals surface area contributed by atoms with Crippen LogP contribution in [0.15, 0.2) is 54.3 Å². The molecule has 0 saturated heterocycles. The number of carbonyl (C=O) groups excluding carboxylic acids is 1. The molecule has 15 heavy (non-hydrogen) atoms. The zero-order valence-electron chi connectivity index (χ0n) is 8.51. The van der Waals surface area contributed by atoms with Gasteiger partial charge >= 0.3 is 0 Å². The SMILES string of the molecule is COC1=CC(c2ccccc2)C(=O)C=C1. The fourth-order valence-corrected chi connectivity index (χ4v) is 1.63. The highest BCUT2D eigenvalue weighted by atomic mass is 16.5. The van der Waals surface area contributed by atoms with E-state index in [1.807, 2.05) is 36.4 Å². The Bertz CT molecular complexity index is 415. The monoisotopic (exact) mass is 200 g/mol. The Labute approximate surface area is 88.9 Å². The molecule has 2 heteroatoms. The smallest absolute Gasteiger partial charge is 0.167 e. The molecule has 0 bridgehead atoms. The second-order valence-corrected chi connectivity index (χ2v) is 3.40. The lowest BCUT2D eigenvalue weighted by molar-refractivity contribution is -0.115. The van der Waals surface area contributed by atoms with Gasteiger partial charge in [0, 0.05) is 0 Å². The van der Waals surface area contributed by atoms with Crippen LogP contribution in [0.1, 0.15) is 11.5 Å². The molecular formula is C13H12O2. The molecule has 0 spiro atoms. The molecule has 1 aliphatic carbocycles. The van der Waals surface area contributed by atoms with Gasteiger partial charge in [0.25, 0.3) is 0 Å². The van der Waals surface area contributed by atoms with Gasteiger partial charge in [-0.3, -0.25) is 4.79 Å². The fraction of sp³-hybridized carbons (Fsp3) is 0.154. The molecule has 0 radical (unpaired) electrons. The predicted octanol–water partition coefficient (Wildman–Crippen LogP) is 2.44. The predicted molar refractivity (Wildman–Crippen MR) is 58.4 cm³/mol. The summed E-state index contributed by atoms with van der Waals surface area (Å²) in [5.41, 5.74) is 1.00. The molecule has 0 amide bonds. The summed E-state index contributed by atoms with van der Waals surface area (Å²) in [6.07, 6.45) is 5.11. The molecule has 1 atom stereocenters. The van der Waals surface area contributed by atoms with Crippen LogP contribution < -0.4 is 0 Å². The van der Waals surface area contributed by atoms with Crippen molar-refractivity contribution in [1.29, 1.82) is 0 Å². The molecule has 0 heterocycles. The normalized spacial score (nSPS) is 19.9. The van der Waals surface area contributed by atoms with Crippen molar-refractivity contribution in [1.82, 2.24) is 0 Å². The van der Waals surface area contributed by atoms with Crippen LogP contribution in [-0.4, -0.2) is 12.9 Å². The van der Waals surface area contributed by atoms with Gasteiger partial charge in [-0.15, -0.1) is 0 Å². The fourth-order valence-electron chi connectivity index (χ4n) is 1.63. The van der Waals surface area contributed by atoms with Crippen LogP contribution in [0.2, 0.25) is 0 Å². The third-order valence-electron chi connectivity index (χ3n) is 2.44. The lowest BCUT2D eigenvalue weighted by atomic mass is 9.91. The molecular weight excluding hydrogens is 188 g/mol. The Hall–Kier alpha value is -1.83. The van der Waals surface area contributed by atoms with Crippen molar-refractivity contribution in [2.75, 3.05) is 7.11 Å². The van der Waals surface area contributed by atoms with Crippen LogP contribution in [0.4, 0.5) is 0 Å². The first-order valence-corrected chi connectivity index (χ1v) is 4.84. The van der Waals surface area contributed by atoms with Gasteiger partial charge in [-0.2, -0.15) is 0 Å². The van der Waals surface area contributed by atoms with E-state index in [0.29, 0.717) is 0 Å². The zero-order valence-corrected chi connectivity index (χ0v) is 8.51.